The molecule has 0 spiro atoms. The van der Waals surface area contributed by atoms with Gasteiger partial charge in [-0.25, -0.2) is 4.79 Å². The SMILES string of the molecule is C=C(C1=CC(=O)OC(C)(C)O1)[C@@H]1[C@H](NC(=O)Cc2ccccc2)C(=O)N1c1ccc(OC)cc1. The number of esters is 1. The lowest BCUT2D eigenvalue weighted by molar-refractivity contribution is -0.203. The van der Waals surface area contributed by atoms with Gasteiger partial charge in [0.1, 0.15) is 17.6 Å². The molecule has 1 N–H and O–H groups in total. The number of rotatable bonds is 7. The Bertz CT molecular complexity index is 1150. The van der Waals surface area contributed by atoms with Crippen LogP contribution in [0, 0.1) is 0 Å². The summed E-state index contributed by atoms with van der Waals surface area (Å²) in [5.41, 5.74) is 1.81. The molecule has 0 aliphatic carbocycles. The number of β-lactam (4-membered cyclic amide) rings is 1. The lowest BCUT2D eigenvalue weighted by Crippen LogP contribution is -2.72. The molecule has 0 bridgehead atoms. The molecule has 0 unspecified atom stereocenters. The third kappa shape index (κ3) is 4.66. The average Bonchev–Trinajstić information content (AvgIpc) is 2.80. The number of benzene rings is 2. The first-order chi connectivity index (χ1) is 16.2. The summed E-state index contributed by atoms with van der Waals surface area (Å²) in [5.74, 6) is -1.50. The lowest BCUT2D eigenvalue weighted by Gasteiger charge is -2.48. The minimum atomic E-state index is -1.19. The Labute approximate surface area is 197 Å². The highest BCUT2D eigenvalue weighted by Gasteiger charge is 2.52. The number of nitrogens with one attached hydrogen (secondary N) is 1. The third-order valence-corrected chi connectivity index (χ3v) is 5.60. The van der Waals surface area contributed by atoms with Crippen molar-refractivity contribution < 1.29 is 28.6 Å². The van der Waals surface area contributed by atoms with Crippen molar-refractivity contribution in [2.75, 3.05) is 12.0 Å². The predicted octanol–water partition coefficient (Wildman–Crippen LogP) is 2.89. The van der Waals surface area contributed by atoms with Gasteiger partial charge in [-0.2, -0.15) is 0 Å². The number of ether oxygens (including phenoxy) is 3. The summed E-state index contributed by atoms with van der Waals surface area (Å²) in [7, 11) is 1.56. The third-order valence-electron chi connectivity index (χ3n) is 5.60. The van der Waals surface area contributed by atoms with Crippen LogP contribution >= 0.6 is 0 Å². The second kappa shape index (κ2) is 9.05. The van der Waals surface area contributed by atoms with Crippen molar-refractivity contribution in [3.8, 4) is 5.75 Å². The second-order valence-electron chi connectivity index (χ2n) is 8.52. The number of anilines is 1. The average molecular weight is 463 g/mol. The summed E-state index contributed by atoms with van der Waals surface area (Å²) in [6.07, 6.45) is 1.33. The molecule has 2 atom stereocenters. The van der Waals surface area contributed by atoms with Gasteiger partial charge in [0, 0.05) is 25.1 Å². The molecule has 176 valence electrons. The summed E-state index contributed by atoms with van der Waals surface area (Å²) in [5, 5.41) is 2.82. The number of amides is 2. The van der Waals surface area contributed by atoms with Crippen LogP contribution in [0.5, 0.6) is 5.75 Å². The Kier molecular flexibility index (Phi) is 6.15. The molecule has 2 amide bonds. The number of carbonyl (C=O) groups is 3. The molecule has 34 heavy (non-hydrogen) atoms. The van der Waals surface area contributed by atoms with E-state index < -0.39 is 23.8 Å². The largest absolute Gasteiger partial charge is 0.497 e. The molecule has 4 rings (SSSR count). The van der Waals surface area contributed by atoms with Crippen molar-refractivity contribution >= 4 is 23.5 Å². The van der Waals surface area contributed by atoms with Gasteiger partial charge >= 0.3 is 5.97 Å². The number of hydrogen-bond donors (Lipinski definition) is 1. The van der Waals surface area contributed by atoms with Gasteiger partial charge in [0.2, 0.25) is 11.7 Å². The number of cyclic esters (lactones) is 1. The second-order valence-corrected chi connectivity index (χ2v) is 8.52. The summed E-state index contributed by atoms with van der Waals surface area (Å²) >= 11 is 0. The topological polar surface area (TPSA) is 94.2 Å². The fourth-order valence-corrected chi connectivity index (χ4v) is 4.02. The van der Waals surface area contributed by atoms with Crippen LogP contribution in [0.4, 0.5) is 5.69 Å². The molecule has 1 saturated heterocycles. The van der Waals surface area contributed by atoms with Crippen molar-refractivity contribution in [2.45, 2.75) is 38.1 Å². The molecule has 2 aliphatic heterocycles. The van der Waals surface area contributed by atoms with Crippen LogP contribution in [0.1, 0.15) is 19.4 Å². The Morgan fingerprint density at radius 1 is 1.09 bits per heavy atom. The fourth-order valence-electron chi connectivity index (χ4n) is 4.02. The maximum atomic E-state index is 13.2. The molecule has 2 aromatic carbocycles. The Hall–Kier alpha value is -4.07. The molecule has 8 nitrogen and oxygen atoms in total. The molecular weight excluding hydrogens is 436 g/mol. The zero-order valence-electron chi connectivity index (χ0n) is 19.2. The molecule has 0 aromatic heterocycles. The van der Waals surface area contributed by atoms with E-state index in [1.807, 2.05) is 30.3 Å². The van der Waals surface area contributed by atoms with Crippen molar-refractivity contribution in [2.24, 2.45) is 0 Å². The van der Waals surface area contributed by atoms with Crippen LogP contribution < -0.4 is 15.0 Å². The number of methoxy groups -OCH3 is 1. The summed E-state index contributed by atoms with van der Waals surface area (Å²) in [6, 6.07) is 14.7. The van der Waals surface area contributed by atoms with Gasteiger partial charge < -0.3 is 24.4 Å². The van der Waals surface area contributed by atoms with Gasteiger partial charge in [-0.1, -0.05) is 36.9 Å². The van der Waals surface area contributed by atoms with E-state index in [9.17, 15) is 14.4 Å². The molecule has 1 fully saturated rings. The maximum absolute atomic E-state index is 13.2. The minimum Gasteiger partial charge on any atom is -0.497 e. The first-order valence-electron chi connectivity index (χ1n) is 10.8. The Balaban J connectivity index is 1.61. The van der Waals surface area contributed by atoms with E-state index in [2.05, 4.69) is 11.9 Å². The van der Waals surface area contributed by atoms with Gasteiger partial charge in [-0.05, 0) is 29.8 Å². The quantitative estimate of drug-likeness (QED) is 0.502. The first kappa shape index (κ1) is 23.1. The zero-order valence-corrected chi connectivity index (χ0v) is 19.2. The number of nitrogens with zero attached hydrogens (tertiary/aromatic N) is 1. The summed E-state index contributed by atoms with van der Waals surface area (Å²) < 4.78 is 16.2. The summed E-state index contributed by atoms with van der Waals surface area (Å²) in [6.45, 7) is 7.33. The summed E-state index contributed by atoms with van der Waals surface area (Å²) in [4.78, 5) is 39.5. The van der Waals surface area contributed by atoms with E-state index in [1.165, 1.54) is 11.0 Å². The van der Waals surface area contributed by atoms with Crippen LogP contribution in [-0.2, 0) is 30.3 Å². The molecule has 0 saturated carbocycles. The van der Waals surface area contributed by atoms with Crippen molar-refractivity contribution in [3.63, 3.8) is 0 Å². The van der Waals surface area contributed by atoms with E-state index in [0.717, 1.165) is 5.56 Å². The monoisotopic (exact) mass is 462 g/mol. The van der Waals surface area contributed by atoms with E-state index in [4.69, 9.17) is 14.2 Å². The highest BCUT2D eigenvalue weighted by atomic mass is 16.7. The van der Waals surface area contributed by atoms with Gasteiger partial charge in [0.05, 0.1) is 25.6 Å². The highest BCUT2D eigenvalue weighted by molar-refractivity contribution is 6.08. The maximum Gasteiger partial charge on any atom is 0.337 e. The van der Waals surface area contributed by atoms with E-state index in [1.54, 1.807) is 45.2 Å². The number of carbonyl (C=O) groups excluding carboxylic acids is 3. The van der Waals surface area contributed by atoms with Crippen LogP contribution in [-0.4, -0.2) is 42.8 Å². The fraction of sp³-hybridized carbons (Fsp3) is 0.269. The minimum absolute atomic E-state index is 0.130. The Morgan fingerprint density at radius 3 is 2.38 bits per heavy atom. The van der Waals surface area contributed by atoms with Crippen molar-refractivity contribution in [1.29, 1.82) is 0 Å². The highest BCUT2D eigenvalue weighted by Crippen LogP contribution is 2.38. The number of hydrogen-bond acceptors (Lipinski definition) is 6. The predicted molar refractivity (Wildman–Crippen MR) is 125 cm³/mol. The van der Waals surface area contributed by atoms with Crippen molar-refractivity contribution in [1.82, 2.24) is 5.32 Å². The van der Waals surface area contributed by atoms with Gasteiger partial charge in [-0.3, -0.25) is 9.59 Å². The molecule has 0 radical (unpaired) electrons. The molecule has 2 heterocycles. The molecular formula is C26H26N2O6. The molecule has 8 heteroatoms. The van der Waals surface area contributed by atoms with Crippen LogP contribution in [0.2, 0.25) is 0 Å². The lowest BCUT2D eigenvalue weighted by atomic mass is 9.86. The molecule has 2 aliphatic rings. The smallest absolute Gasteiger partial charge is 0.337 e. The van der Waals surface area contributed by atoms with Crippen molar-refractivity contribution in [3.05, 3.63) is 84.1 Å². The zero-order chi connectivity index (χ0) is 24.5. The van der Waals surface area contributed by atoms with Crippen LogP contribution in [0.25, 0.3) is 0 Å². The van der Waals surface area contributed by atoms with Gasteiger partial charge in [0.25, 0.3) is 5.91 Å². The van der Waals surface area contributed by atoms with Gasteiger partial charge in [-0.15, -0.1) is 0 Å². The molecule has 2 aromatic rings. The standard InChI is InChI=1S/C26H26N2O6/c1-16(20-15-22(30)34-26(2,3)33-20)24-23(27-21(29)14-17-8-6-5-7-9-17)25(31)28(24)18-10-12-19(32-4)13-11-18/h5-13,15,23-24H,1,14H2,2-4H3,(H,27,29)/t23-,24+/m0/s1. The Morgan fingerprint density at radius 2 is 1.76 bits per heavy atom. The van der Waals surface area contributed by atoms with E-state index in [-0.39, 0.29) is 24.0 Å². The van der Waals surface area contributed by atoms with Crippen LogP contribution in [0.3, 0.4) is 0 Å². The van der Waals surface area contributed by atoms with E-state index in [0.29, 0.717) is 17.0 Å². The van der Waals surface area contributed by atoms with Crippen LogP contribution in [0.15, 0.2) is 78.6 Å². The normalized spacial score (nSPS) is 20.9. The first-order valence-corrected chi connectivity index (χ1v) is 10.8. The van der Waals surface area contributed by atoms with E-state index >= 15 is 0 Å². The van der Waals surface area contributed by atoms with Gasteiger partial charge in [0.15, 0.2) is 0 Å².